The van der Waals surface area contributed by atoms with Gasteiger partial charge in [-0.3, -0.25) is 4.79 Å². The number of carbonyl (C=O) groups is 1. The van der Waals surface area contributed by atoms with Crippen LogP contribution in [0, 0.1) is 5.82 Å². The van der Waals surface area contributed by atoms with Gasteiger partial charge in [0.15, 0.2) is 0 Å². The van der Waals surface area contributed by atoms with Crippen LogP contribution < -0.4 is 4.74 Å². The van der Waals surface area contributed by atoms with Gasteiger partial charge in [0.25, 0.3) is 5.91 Å². The molecular formula is C14H16FNO2. The summed E-state index contributed by atoms with van der Waals surface area (Å²) in [6, 6.07) is 4.15. The number of carbonyl (C=O) groups excluding carboxylic acids is 1. The summed E-state index contributed by atoms with van der Waals surface area (Å²) in [4.78, 5) is 13.5. The Morgan fingerprint density at radius 2 is 2.00 bits per heavy atom. The van der Waals surface area contributed by atoms with E-state index in [4.69, 9.17) is 4.74 Å². The van der Waals surface area contributed by atoms with E-state index in [1.807, 2.05) is 0 Å². The maximum absolute atomic E-state index is 13.7. The Morgan fingerprint density at radius 1 is 1.39 bits per heavy atom. The van der Waals surface area contributed by atoms with Crippen LogP contribution in [0.4, 0.5) is 4.39 Å². The number of methoxy groups -OCH3 is 1. The van der Waals surface area contributed by atoms with Gasteiger partial charge in [-0.15, -0.1) is 13.2 Å². The maximum atomic E-state index is 13.7. The molecule has 4 heteroatoms. The second-order valence-corrected chi connectivity index (χ2v) is 3.63. The van der Waals surface area contributed by atoms with Crippen molar-refractivity contribution in [3.8, 4) is 5.75 Å². The summed E-state index contributed by atoms with van der Waals surface area (Å²) in [5.41, 5.74) is 0.0134. The highest BCUT2D eigenvalue weighted by Crippen LogP contribution is 2.17. The quantitative estimate of drug-likeness (QED) is 0.725. The first-order valence-corrected chi connectivity index (χ1v) is 5.48. The van der Waals surface area contributed by atoms with Gasteiger partial charge >= 0.3 is 0 Å². The number of benzene rings is 1. The molecule has 0 fully saturated rings. The normalized spacial score (nSPS) is 9.67. The number of hydrogen-bond acceptors (Lipinski definition) is 2. The molecule has 96 valence electrons. The number of halogens is 1. The molecule has 1 aromatic rings. The molecule has 0 N–H and O–H groups in total. The lowest BCUT2D eigenvalue weighted by atomic mass is 10.1. The molecule has 0 heterocycles. The van der Waals surface area contributed by atoms with Gasteiger partial charge in [-0.1, -0.05) is 12.2 Å². The van der Waals surface area contributed by atoms with Crippen molar-refractivity contribution in [2.45, 2.75) is 0 Å². The summed E-state index contributed by atoms with van der Waals surface area (Å²) in [5.74, 6) is -0.615. The van der Waals surface area contributed by atoms with Gasteiger partial charge in [0, 0.05) is 19.2 Å². The fourth-order valence-corrected chi connectivity index (χ4v) is 1.52. The van der Waals surface area contributed by atoms with Crippen LogP contribution in [0.2, 0.25) is 0 Å². The Hall–Kier alpha value is -2.10. The standard InChI is InChI=1S/C14H16FNO2/c1-4-8-16(9-5-2)14(17)12-7-6-11(18-3)10-13(12)15/h4-7,10H,1-2,8-9H2,3H3. The predicted octanol–water partition coefficient (Wildman–Crippen LogP) is 2.65. The van der Waals surface area contributed by atoms with E-state index in [2.05, 4.69) is 13.2 Å². The van der Waals surface area contributed by atoms with Crippen molar-refractivity contribution in [3.05, 3.63) is 54.9 Å². The van der Waals surface area contributed by atoms with Gasteiger partial charge in [0.2, 0.25) is 0 Å². The third kappa shape index (κ3) is 3.20. The lowest BCUT2D eigenvalue weighted by molar-refractivity contribution is 0.0786. The highest BCUT2D eigenvalue weighted by Gasteiger charge is 2.17. The first-order valence-electron chi connectivity index (χ1n) is 5.48. The Labute approximate surface area is 106 Å². The van der Waals surface area contributed by atoms with Crippen LogP contribution in [-0.2, 0) is 0 Å². The molecule has 0 unspecified atom stereocenters. The molecule has 0 saturated heterocycles. The van der Waals surface area contributed by atoms with E-state index in [0.717, 1.165) is 0 Å². The fourth-order valence-electron chi connectivity index (χ4n) is 1.52. The minimum atomic E-state index is -0.600. The molecule has 1 rings (SSSR count). The van der Waals surface area contributed by atoms with Crippen LogP contribution in [0.3, 0.4) is 0 Å². The molecule has 0 aliphatic rings. The number of amides is 1. The SMILES string of the molecule is C=CCN(CC=C)C(=O)c1ccc(OC)cc1F. The second kappa shape index (κ2) is 6.59. The van der Waals surface area contributed by atoms with E-state index in [0.29, 0.717) is 18.8 Å². The Kier molecular flexibility index (Phi) is 5.11. The number of ether oxygens (including phenoxy) is 1. The highest BCUT2D eigenvalue weighted by molar-refractivity contribution is 5.94. The average Bonchev–Trinajstić information content (AvgIpc) is 2.37. The summed E-state index contributed by atoms with van der Waals surface area (Å²) in [6.45, 7) is 7.82. The van der Waals surface area contributed by atoms with Crippen LogP contribution in [0.1, 0.15) is 10.4 Å². The van der Waals surface area contributed by atoms with Crippen molar-refractivity contribution in [2.75, 3.05) is 20.2 Å². The zero-order valence-corrected chi connectivity index (χ0v) is 10.4. The lowest BCUT2D eigenvalue weighted by Gasteiger charge is -2.19. The average molecular weight is 249 g/mol. The van der Waals surface area contributed by atoms with E-state index in [1.165, 1.54) is 24.1 Å². The summed E-state index contributed by atoms with van der Waals surface area (Å²) in [5, 5.41) is 0. The fraction of sp³-hybridized carbons (Fsp3) is 0.214. The van der Waals surface area contributed by atoms with Crippen LogP contribution in [0.5, 0.6) is 5.75 Å². The molecule has 0 aliphatic carbocycles. The highest BCUT2D eigenvalue weighted by atomic mass is 19.1. The number of rotatable bonds is 6. The zero-order chi connectivity index (χ0) is 13.5. The third-order valence-corrected chi connectivity index (χ3v) is 2.39. The first kappa shape index (κ1) is 14.0. The first-order chi connectivity index (χ1) is 8.63. The molecule has 0 aromatic heterocycles. The third-order valence-electron chi connectivity index (χ3n) is 2.39. The molecule has 0 atom stereocenters. The van der Waals surface area contributed by atoms with Gasteiger partial charge in [-0.2, -0.15) is 0 Å². The van der Waals surface area contributed by atoms with Crippen LogP contribution in [0.15, 0.2) is 43.5 Å². The Bertz CT molecular complexity index is 447. The van der Waals surface area contributed by atoms with Crippen LogP contribution in [-0.4, -0.2) is 31.0 Å². The monoisotopic (exact) mass is 249 g/mol. The second-order valence-electron chi connectivity index (χ2n) is 3.63. The van der Waals surface area contributed by atoms with Gasteiger partial charge in [-0.05, 0) is 12.1 Å². The van der Waals surface area contributed by atoms with Gasteiger partial charge in [0.05, 0.1) is 12.7 Å². The smallest absolute Gasteiger partial charge is 0.257 e. The van der Waals surface area contributed by atoms with E-state index in [1.54, 1.807) is 18.2 Å². The minimum absolute atomic E-state index is 0.0134. The van der Waals surface area contributed by atoms with Crippen LogP contribution in [0.25, 0.3) is 0 Å². The molecule has 1 amide bonds. The van der Waals surface area contributed by atoms with Crippen molar-refractivity contribution >= 4 is 5.91 Å². The molecule has 0 saturated carbocycles. The summed E-state index contributed by atoms with van der Waals surface area (Å²) in [7, 11) is 1.44. The summed E-state index contributed by atoms with van der Waals surface area (Å²) in [6.07, 6.45) is 3.17. The molecule has 0 spiro atoms. The molecule has 18 heavy (non-hydrogen) atoms. The van der Waals surface area contributed by atoms with Gasteiger partial charge in [-0.25, -0.2) is 4.39 Å². The van der Waals surface area contributed by atoms with E-state index >= 15 is 0 Å². The van der Waals surface area contributed by atoms with Crippen molar-refractivity contribution in [3.63, 3.8) is 0 Å². The topological polar surface area (TPSA) is 29.5 Å². The molecule has 3 nitrogen and oxygen atoms in total. The minimum Gasteiger partial charge on any atom is -0.497 e. The number of hydrogen-bond donors (Lipinski definition) is 0. The Balaban J connectivity index is 3.00. The van der Waals surface area contributed by atoms with Gasteiger partial charge < -0.3 is 9.64 Å². The van der Waals surface area contributed by atoms with Crippen molar-refractivity contribution in [2.24, 2.45) is 0 Å². The van der Waals surface area contributed by atoms with Gasteiger partial charge in [0.1, 0.15) is 11.6 Å². The van der Waals surface area contributed by atoms with E-state index in [-0.39, 0.29) is 5.56 Å². The summed E-state index contributed by atoms with van der Waals surface area (Å²) < 4.78 is 18.6. The van der Waals surface area contributed by atoms with Crippen molar-refractivity contribution in [1.29, 1.82) is 0 Å². The van der Waals surface area contributed by atoms with Crippen LogP contribution >= 0.6 is 0 Å². The molecule has 0 bridgehead atoms. The predicted molar refractivity (Wildman–Crippen MR) is 69.2 cm³/mol. The molecule has 0 aliphatic heterocycles. The number of nitrogens with zero attached hydrogens (tertiary/aromatic N) is 1. The lowest BCUT2D eigenvalue weighted by Crippen LogP contribution is -2.31. The molecule has 0 radical (unpaired) electrons. The maximum Gasteiger partial charge on any atom is 0.257 e. The van der Waals surface area contributed by atoms with E-state index in [9.17, 15) is 9.18 Å². The molecular weight excluding hydrogens is 233 g/mol. The largest absolute Gasteiger partial charge is 0.497 e. The summed E-state index contributed by atoms with van der Waals surface area (Å²) >= 11 is 0. The van der Waals surface area contributed by atoms with E-state index < -0.39 is 11.7 Å². The zero-order valence-electron chi connectivity index (χ0n) is 10.4. The molecule has 1 aromatic carbocycles. The van der Waals surface area contributed by atoms with Crippen molar-refractivity contribution in [1.82, 2.24) is 4.90 Å². The Morgan fingerprint density at radius 3 is 2.44 bits per heavy atom. The van der Waals surface area contributed by atoms with Crippen molar-refractivity contribution < 1.29 is 13.9 Å².